The van der Waals surface area contributed by atoms with E-state index in [-0.39, 0.29) is 29.1 Å². The Labute approximate surface area is 147 Å². The largest absolute Gasteiger partial charge is 0.394 e. The van der Waals surface area contributed by atoms with Crippen LogP contribution in [-0.2, 0) is 11.3 Å². The van der Waals surface area contributed by atoms with Gasteiger partial charge in [0.15, 0.2) is 17.4 Å². The summed E-state index contributed by atoms with van der Waals surface area (Å²) in [6.07, 6.45) is -5.26. The lowest BCUT2D eigenvalue weighted by atomic mass is 9.97. The van der Waals surface area contributed by atoms with Gasteiger partial charge in [-0.05, 0) is 5.41 Å². The summed E-state index contributed by atoms with van der Waals surface area (Å²) >= 11 is 0. The first-order valence-electron chi connectivity index (χ1n) is 8.18. The van der Waals surface area contributed by atoms with Gasteiger partial charge in [0, 0.05) is 6.54 Å². The van der Waals surface area contributed by atoms with Gasteiger partial charge in [-0.3, -0.25) is 14.3 Å². The number of nitrogen functional groups attached to an aromatic ring is 1. The van der Waals surface area contributed by atoms with Gasteiger partial charge in [0.2, 0.25) is 5.95 Å². The molecule has 0 aliphatic carbocycles. The van der Waals surface area contributed by atoms with Crippen molar-refractivity contribution in [1.29, 1.82) is 0 Å². The van der Waals surface area contributed by atoms with Crippen molar-refractivity contribution < 1.29 is 20.1 Å². The topological polar surface area (TPSA) is 169 Å². The van der Waals surface area contributed by atoms with Gasteiger partial charge in [-0.15, -0.1) is 0 Å². The summed E-state index contributed by atoms with van der Waals surface area (Å²) in [5, 5.41) is 29.5. The Balaban J connectivity index is 2.28. The molecule has 11 nitrogen and oxygen atoms in total. The quantitative estimate of drug-likeness (QED) is 0.419. The molecule has 0 saturated carbocycles. The van der Waals surface area contributed by atoms with E-state index >= 15 is 0 Å². The third-order valence-corrected chi connectivity index (χ3v) is 4.23. The Hall–Kier alpha value is -2.21. The molecule has 1 fully saturated rings. The van der Waals surface area contributed by atoms with Crippen LogP contribution in [0.15, 0.2) is 9.59 Å². The molecule has 0 aromatic carbocycles. The number of nitrogens with two attached hydrogens (primary N) is 1. The second-order valence-electron chi connectivity index (χ2n) is 7.65. The Morgan fingerprint density at radius 3 is 2.46 bits per heavy atom. The van der Waals surface area contributed by atoms with Crippen LogP contribution in [0.4, 0.5) is 5.95 Å². The third-order valence-electron chi connectivity index (χ3n) is 4.23. The Morgan fingerprint density at radius 2 is 1.92 bits per heavy atom. The zero-order chi connectivity index (χ0) is 19.4. The van der Waals surface area contributed by atoms with Crippen LogP contribution < -0.4 is 17.0 Å². The minimum atomic E-state index is -1.49. The number of aromatic amines is 1. The smallest absolute Gasteiger partial charge is 0.332 e. The van der Waals surface area contributed by atoms with Crippen LogP contribution in [0, 0.1) is 5.41 Å². The normalized spacial score (nSPS) is 26.7. The number of aliphatic hydroxyl groups is 3. The molecule has 0 radical (unpaired) electrons. The standard InChI is InChI=1S/C15H23N5O6/c1-15(2,3)5-19-7-10(17-13(16)18-11(7)24)20(14(19)25)12-9(23)8(22)6(4-21)26-12/h6,8-9,12,21-23H,4-5H2,1-3H3,(H3,16,17,18,24). The minimum absolute atomic E-state index is 0.00290. The van der Waals surface area contributed by atoms with Gasteiger partial charge in [0.05, 0.1) is 6.61 Å². The fourth-order valence-electron chi connectivity index (χ4n) is 3.14. The van der Waals surface area contributed by atoms with E-state index in [0.717, 1.165) is 4.57 Å². The molecule has 0 amide bonds. The fourth-order valence-corrected chi connectivity index (χ4v) is 3.14. The number of ether oxygens (including phenoxy) is 1. The first-order chi connectivity index (χ1) is 12.0. The number of aromatic nitrogens is 4. The molecule has 1 aliphatic heterocycles. The Bertz CT molecular complexity index is 939. The molecule has 3 heterocycles. The van der Waals surface area contributed by atoms with E-state index in [2.05, 4.69) is 9.97 Å². The summed E-state index contributed by atoms with van der Waals surface area (Å²) in [6.45, 7) is 5.36. The van der Waals surface area contributed by atoms with Gasteiger partial charge >= 0.3 is 5.69 Å². The molecule has 0 bridgehead atoms. The fraction of sp³-hybridized carbons (Fsp3) is 0.667. The highest BCUT2D eigenvalue weighted by molar-refractivity contribution is 5.71. The lowest BCUT2D eigenvalue weighted by Crippen LogP contribution is -2.36. The predicted molar refractivity (Wildman–Crippen MR) is 91.5 cm³/mol. The number of imidazole rings is 1. The second kappa shape index (κ2) is 6.20. The van der Waals surface area contributed by atoms with Crippen molar-refractivity contribution in [2.24, 2.45) is 5.41 Å². The van der Waals surface area contributed by atoms with Crippen molar-refractivity contribution in [2.75, 3.05) is 12.3 Å². The van der Waals surface area contributed by atoms with Crippen molar-refractivity contribution in [3.63, 3.8) is 0 Å². The number of rotatable bonds is 3. The van der Waals surface area contributed by atoms with Crippen LogP contribution >= 0.6 is 0 Å². The van der Waals surface area contributed by atoms with Crippen molar-refractivity contribution in [3.05, 3.63) is 20.8 Å². The average molecular weight is 369 g/mol. The summed E-state index contributed by atoms with van der Waals surface area (Å²) in [5.74, 6) is -0.198. The van der Waals surface area contributed by atoms with Crippen LogP contribution in [0.3, 0.4) is 0 Å². The van der Waals surface area contributed by atoms with Crippen LogP contribution in [0.1, 0.15) is 27.0 Å². The zero-order valence-corrected chi connectivity index (χ0v) is 14.7. The van der Waals surface area contributed by atoms with Crippen molar-refractivity contribution >= 4 is 17.1 Å². The maximum atomic E-state index is 13.0. The Morgan fingerprint density at radius 1 is 1.27 bits per heavy atom. The van der Waals surface area contributed by atoms with Gasteiger partial charge < -0.3 is 25.8 Å². The second-order valence-corrected chi connectivity index (χ2v) is 7.65. The van der Waals surface area contributed by atoms with Crippen LogP contribution in [0.5, 0.6) is 0 Å². The highest BCUT2D eigenvalue weighted by atomic mass is 16.6. The predicted octanol–water partition coefficient (Wildman–Crippen LogP) is -1.87. The number of hydrogen-bond donors (Lipinski definition) is 5. The van der Waals surface area contributed by atoms with E-state index in [9.17, 15) is 24.9 Å². The summed E-state index contributed by atoms with van der Waals surface area (Å²) < 4.78 is 7.68. The van der Waals surface area contributed by atoms with Crippen molar-refractivity contribution in [1.82, 2.24) is 19.1 Å². The lowest BCUT2D eigenvalue weighted by Gasteiger charge is -2.18. The average Bonchev–Trinajstić information content (AvgIpc) is 2.94. The molecule has 0 spiro atoms. The van der Waals surface area contributed by atoms with E-state index < -0.39 is 42.4 Å². The van der Waals surface area contributed by atoms with Gasteiger partial charge in [0.1, 0.15) is 18.3 Å². The Kier molecular flexibility index (Phi) is 4.43. The number of nitrogens with zero attached hydrogens (tertiary/aromatic N) is 3. The van der Waals surface area contributed by atoms with E-state index in [4.69, 9.17) is 10.5 Å². The first-order valence-corrected chi connectivity index (χ1v) is 8.18. The van der Waals surface area contributed by atoms with Crippen LogP contribution in [0.25, 0.3) is 11.2 Å². The molecule has 4 unspecified atom stereocenters. The number of nitrogens with one attached hydrogen (secondary N) is 1. The summed E-state index contributed by atoms with van der Waals surface area (Å²) in [7, 11) is 0. The van der Waals surface area contributed by atoms with Gasteiger partial charge in [-0.25, -0.2) is 9.36 Å². The van der Waals surface area contributed by atoms with Crippen molar-refractivity contribution in [3.8, 4) is 0 Å². The molecule has 2 aromatic heterocycles. The molecule has 1 aliphatic rings. The molecular formula is C15H23N5O6. The zero-order valence-electron chi connectivity index (χ0n) is 14.7. The summed E-state index contributed by atoms with van der Waals surface area (Å²) in [6, 6.07) is 0. The third kappa shape index (κ3) is 2.92. The highest BCUT2D eigenvalue weighted by Gasteiger charge is 2.45. The van der Waals surface area contributed by atoms with Crippen LogP contribution in [0.2, 0.25) is 0 Å². The van der Waals surface area contributed by atoms with E-state index in [0.29, 0.717) is 0 Å². The molecule has 1 saturated heterocycles. The van der Waals surface area contributed by atoms with E-state index in [1.54, 1.807) is 0 Å². The molecule has 3 rings (SSSR count). The monoisotopic (exact) mass is 369 g/mol. The number of H-pyrrole nitrogens is 1. The molecule has 6 N–H and O–H groups in total. The molecule has 2 aromatic rings. The first kappa shape index (κ1) is 18.6. The number of hydrogen-bond acceptors (Lipinski definition) is 8. The number of fused-ring (bicyclic) bond motifs is 1. The molecule has 26 heavy (non-hydrogen) atoms. The molecular weight excluding hydrogens is 346 g/mol. The summed E-state index contributed by atoms with van der Waals surface area (Å²) in [5.41, 5.74) is 3.98. The summed E-state index contributed by atoms with van der Waals surface area (Å²) in [4.78, 5) is 31.8. The minimum Gasteiger partial charge on any atom is -0.394 e. The number of aliphatic hydroxyl groups excluding tert-OH is 3. The molecule has 4 atom stereocenters. The lowest BCUT2D eigenvalue weighted by molar-refractivity contribution is -0.0528. The van der Waals surface area contributed by atoms with E-state index in [1.165, 1.54) is 4.57 Å². The highest BCUT2D eigenvalue weighted by Crippen LogP contribution is 2.30. The maximum Gasteiger partial charge on any atom is 0.332 e. The molecule has 144 valence electrons. The molecule has 11 heteroatoms. The number of anilines is 1. The van der Waals surface area contributed by atoms with Gasteiger partial charge in [-0.2, -0.15) is 4.98 Å². The van der Waals surface area contributed by atoms with Crippen molar-refractivity contribution in [2.45, 2.75) is 51.9 Å². The van der Waals surface area contributed by atoms with Gasteiger partial charge in [-0.1, -0.05) is 20.8 Å². The van der Waals surface area contributed by atoms with Gasteiger partial charge in [0.25, 0.3) is 5.56 Å². The van der Waals surface area contributed by atoms with Crippen LogP contribution in [-0.4, -0.2) is 59.3 Å². The SMILES string of the molecule is CC(C)(C)Cn1c(=O)n(C2OC(CO)C(O)C2O)c2nc(N)[nH]c(=O)c21. The maximum absolute atomic E-state index is 13.0. The van der Waals surface area contributed by atoms with E-state index in [1.807, 2.05) is 20.8 Å².